The molecule has 0 saturated carbocycles. The van der Waals surface area contributed by atoms with Crippen LogP contribution in [0.1, 0.15) is 11.5 Å². The summed E-state index contributed by atoms with van der Waals surface area (Å²) < 4.78 is 5.51. The molecule has 0 bridgehead atoms. The Balaban J connectivity index is 2.07. The van der Waals surface area contributed by atoms with Gasteiger partial charge in [0.15, 0.2) is 5.75 Å². The van der Waals surface area contributed by atoms with Crippen LogP contribution in [-0.4, -0.2) is 9.97 Å². The van der Waals surface area contributed by atoms with Crippen LogP contribution in [0.4, 0.5) is 0 Å². The lowest BCUT2D eigenvalue weighted by Crippen LogP contribution is -2.00. The van der Waals surface area contributed by atoms with Crippen LogP contribution >= 0.6 is 23.2 Å². The van der Waals surface area contributed by atoms with Gasteiger partial charge in [0.25, 0.3) is 0 Å². The lowest BCUT2D eigenvalue weighted by molar-refractivity contribution is 0.297. The molecule has 90 valence electrons. The third-order valence-corrected chi connectivity index (χ3v) is 2.77. The number of hydrogen-bond donors (Lipinski definition) is 2. The zero-order valence-electron chi connectivity index (χ0n) is 8.91. The molecule has 0 unspecified atom stereocenters. The van der Waals surface area contributed by atoms with E-state index in [2.05, 4.69) is 9.97 Å². The van der Waals surface area contributed by atoms with Crippen LogP contribution in [0.25, 0.3) is 0 Å². The number of hydrogen-bond acceptors (Lipinski definition) is 3. The van der Waals surface area contributed by atoms with Crippen LogP contribution in [-0.2, 0) is 13.2 Å². The number of nitrogens with two attached hydrogens (primary N) is 1. The molecule has 2 rings (SSSR count). The Hall–Kier alpha value is -1.23. The van der Waals surface area contributed by atoms with Crippen molar-refractivity contribution in [2.24, 2.45) is 5.73 Å². The maximum absolute atomic E-state index is 5.97. The first kappa shape index (κ1) is 12.2. The van der Waals surface area contributed by atoms with E-state index < -0.39 is 0 Å². The third-order valence-electron chi connectivity index (χ3n) is 2.17. The van der Waals surface area contributed by atoms with Gasteiger partial charge in [-0.2, -0.15) is 0 Å². The largest absolute Gasteiger partial charge is 0.483 e. The molecule has 6 heteroatoms. The Morgan fingerprint density at radius 3 is 2.59 bits per heavy atom. The van der Waals surface area contributed by atoms with E-state index >= 15 is 0 Å². The number of ether oxygens (including phenoxy) is 1. The second kappa shape index (κ2) is 5.40. The fourth-order valence-corrected chi connectivity index (χ4v) is 1.85. The van der Waals surface area contributed by atoms with Gasteiger partial charge in [0, 0.05) is 18.4 Å². The maximum atomic E-state index is 5.97. The minimum Gasteiger partial charge on any atom is -0.483 e. The highest BCUT2D eigenvalue weighted by Gasteiger charge is 2.07. The Morgan fingerprint density at radius 1 is 1.29 bits per heavy atom. The monoisotopic (exact) mass is 271 g/mol. The quantitative estimate of drug-likeness (QED) is 0.899. The Kier molecular flexibility index (Phi) is 3.89. The first-order chi connectivity index (χ1) is 8.20. The standard InChI is InChI=1S/C11H11Cl2N3O/c12-8-2-1-3-9(13)11(8)17-6-10-15-5-7(4-14)16-10/h1-3,5H,4,6,14H2,(H,15,16). The van der Waals surface area contributed by atoms with E-state index in [4.69, 9.17) is 33.7 Å². The van der Waals surface area contributed by atoms with Crippen molar-refractivity contribution in [1.29, 1.82) is 0 Å². The van der Waals surface area contributed by atoms with Gasteiger partial charge in [0.2, 0.25) is 0 Å². The van der Waals surface area contributed by atoms with E-state index in [1.165, 1.54) is 0 Å². The molecular weight excluding hydrogens is 261 g/mol. The van der Waals surface area contributed by atoms with Crippen LogP contribution in [0.2, 0.25) is 10.0 Å². The molecular formula is C11H11Cl2N3O. The van der Waals surface area contributed by atoms with Crippen LogP contribution in [0.5, 0.6) is 5.75 Å². The van der Waals surface area contributed by atoms with Gasteiger partial charge in [-0.3, -0.25) is 0 Å². The number of nitrogens with zero attached hydrogens (tertiary/aromatic N) is 1. The molecule has 1 aromatic heterocycles. The summed E-state index contributed by atoms with van der Waals surface area (Å²) in [5.41, 5.74) is 6.32. The van der Waals surface area contributed by atoms with Gasteiger partial charge < -0.3 is 15.5 Å². The van der Waals surface area contributed by atoms with Crippen LogP contribution in [0.15, 0.2) is 24.4 Å². The lowest BCUT2D eigenvalue weighted by atomic mass is 10.3. The van der Waals surface area contributed by atoms with Crippen molar-refractivity contribution in [3.8, 4) is 5.75 Å². The Labute approximate surface area is 109 Å². The van der Waals surface area contributed by atoms with Crippen molar-refractivity contribution >= 4 is 23.2 Å². The van der Waals surface area contributed by atoms with Crippen LogP contribution in [0, 0.1) is 0 Å². The van der Waals surface area contributed by atoms with E-state index in [0.29, 0.717) is 28.2 Å². The Bertz CT molecular complexity index is 493. The molecule has 0 radical (unpaired) electrons. The summed E-state index contributed by atoms with van der Waals surface area (Å²) in [6, 6.07) is 5.20. The summed E-state index contributed by atoms with van der Waals surface area (Å²) >= 11 is 11.9. The number of benzene rings is 1. The highest BCUT2D eigenvalue weighted by atomic mass is 35.5. The summed E-state index contributed by atoms with van der Waals surface area (Å²) in [5, 5.41) is 0.950. The summed E-state index contributed by atoms with van der Waals surface area (Å²) in [7, 11) is 0. The van der Waals surface area contributed by atoms with E-state index in [1.54, 1.807) is 24.4 Å². The topological polar surface area (TPSA) is 63.9 Å². The number of rotatable bonds is 4. The molecule has 2 aromatic rings. The second-order valence-corrected chi connectivity index (χ2v) is 4.21. The summed E-state index contributed by atoms with van der Waals surface area (Å²) in [6.45, 7) is 0.684. The van der Waals surface area contributed by atoms with E-state index in [9.17, 15) is 0 Å². The van der Waals surface area contributed by atoms with E-state index in [-0.39, 0.29) is 6.61 Å². The molecule has 0 aliphatic carbocycles. The predicted octanol–water partition coefficient (Wildman–Crippen LogP) is 2.75. The van der Waals surface area contributed by atoms with Crippen molar-refractivity contribution in [2.45, 2.75) is 13.2 Å². The smallest absolute Gasteiger partial charge is 0.157 e. The van der Waals surface area contributed by atoms with Gasteiger partial charge in [-0.05, 0) is 12.1 Å². The Morgan fingerprint density at radius 2 is 2.00 bits per heavy atom. The fraction of sp³-hybridized carbons (Fsp3) is 0.182. The van der Waals surface area contributed by atoms with Gasteiger partial charge in [0.1, 0.15) is 12.4 Å². The zero-order valence-corrected chi connectivity index (χ0v) is 10.4. The average molecular weight is 272 g/mol. The molecule has 4 nitrogen and oxygen atoms in total. The number of aromatic nitrogens is 2. The van der Waals surface area contributed by atoms with E-state index in [0.717, 1.165) is 5.69 Å². The second-order valence-electron chi connectivity index (χ2n) is 3.40. The van der Waals surface area contributed by atoms with Crippen molar-refractivity contribution in [3.05, 3.63) is 46.0 Å². The SMILES string of the molecule is NCc1cnc(COc2c(Cl)cccc2Cl)[nH]1. The van der Waals surface area contributed by atoms with Gasteiger partial charge >= 0.3 is 0 Å². The molecule has 0 amide bonds. The molecule has 1 aromatic carbocycles. The number of nitrogens with one attached hydrogen (secondary N) is 1. The van der Waals surface area contributed by atoms with Gasteiger partial charge in [-0.25, -0.2) is 4.98 Å². The van der Waals surface area contributed by atoms with Crippen molar-refractivity contribution in [3.63, 3.8) is 0 Å². The molecule has 0 atom stereocenters. The number of para-hydroxylation sites is 1. The predicted molar refractivity (Wildman–Crippen MR) is 67.3 cm³/mol. The fourth-order valence-electron chi connectivity index (χ4n) is 1.34. The van der Waals surface area contributed by atoms with Crippen LogP contribution in [0.3, 0.4) is 0 Å². The first-order valence-electron chi connectivity index (χ1n) is 5.00. The van der Waals surface area contributed by atoms with Crippen molar-refractivity contribution in [1.82, 2.24) is 9.97 Å². The molecule has 0 saturated heterocycles. The summed E-state index contributed by atoms with van der Waals surface area (Å²) in [5.74, 6) is 1.14. The van der Waals surface area contributed by atoms with Crippen molar-refractivity contribution < 1.29 is 4.74 Å². The summed E-state index contributed by atoms with van der Waals surface area (Å²) in [6.07, 6.45) is 1.67. The molecule has 0 fully saturated rings. The first-order valence-corrected chi connectivity index (χ1v) is 5.76. The van der Waals surface area contributed by atoms with Crippen molar-refractivity contribution in [2.75, 3.05) is 0 Å². The van der Waals surface area contributed by atoms with E-state index in [1.807, 2.05) is 0 Å². The molecule has 3 N–H and O–H groups in total. The minimum absolute atomic E-state index is 0.267. The van der Waals surface area contributed by atoms with Gasteiger partial charge in [-0.15, -0.1) is 0 Å². The molecule has 1 heterocycles. The summed E-state index contributed by atoms with van der Waals surface area (Å²) in [4.78, 5) is 7.14. The zero-order chi connectivity index (χ0) is 12.3. The molecule has 17 heavy (non-hydrogen) atoms. The maximum Gasteiger partial charge on any atom is 0.157 e. The number of aromatic amines is 1. The third kappa shape index (κ3) is 2.91. The highest BCUT2D eigenvalue weighted by Crippen LogP contribution is 2.32. The highest BCUT2D eigenvalue weighted by molar-refractivity contribution is 6.37. The number of halogens is 2. The lowest BCUT2D eigenvalue weighted by Gasteiger charge is -2.07. The molecule has 0 spiro atoms. The van der Waals surface area contributed by atoms with Crippen LogP contribution < -0.4 is 10.5 Å². The molecule has 0 aliphatic heterocycles. The van der Waals surface area contributed by atoms with Gasteiger partial charge in [-0.1, -0.05) is 29.3 Å². The average Bonchev–Trinajstić information content (AvgIpc) is 2.76. The van der Waals surface area contributed by atoms with Gasteiger partial charge in [0.05, 0.1) is 10.0 Å². The minimum atomic E-state index is 0.267. The number of imidazole rings is 1. The normalized spacial score (nSPS) is 10.5. The number of H-pyrrole nitrogens is 1. The molecule has 0 aliphatic rings.